The molecule has 82 valence electrons. The van der Waals surface area contributed by atoms with Crippen molar-refractivity contribution in [3.05, 3.63) is 0 Å². The van der Waals surface area contributed by atoms with Crippen LogP contribution in [0.1, 0.15) is 32.1 Å². The van der Waals surface area contributed by atoms with Gasteiger partial charge in [-0.25, -0.2) is 0 Å². The van der Waals surface area contributed by atoms with Crippen LogP contribution in [0.15, 0.2) is 0 Å². The first-order chi connectivity index (χ1) is 6.33. The van der Waals surface area contributed by atoms with E-state index in [1.54, 1.807) is 0 Å². The largest absolute Gasteiger partial charge is 0.338 e. The minimum atomic E-state index is 0. The highest BCUT2D eigenvalue weighted by molar-refractivity contribution is 5.85. The Bertz CT molecular complexity index is 206. The first-order valence-electron chi connectivity index (χ1n) is 5.33. The maximum absolute atomic E-state index is 11.8. The number of carbonyl (C=O) groups excluding carboxylic acids is 1. The van der Waals surface area contributed by atoms with Gasteiger partial charge in [0.15, 0.2) is 0 Å². The summed E-state index contributed by atoms with van der Waals surface area (Å²) in [5.41, 5.74) is 5.66. The molecule has 1 aliphatic heterocycles. The van der Waals surface area contributed by atoms with Gasteiger partial charge in [-0.2, -0.15) is 0 Å². The maximum atomic E-state index is 11.8. The van der Waals surface area contributed by atoms with E-state index in [4.69, 9.17) is 5.73 Å². The average Bonchev–Trinajstić information content (AvgIpc) is 3.00. The van der Waals surface area contributed by atoms with E-state index in [9.17, 15) is 4.79 Å². The van der Waals surface area contributed by atoms with Gasteiger partial charge in [-0.3, -0.25) is 4.79 Å². The molecule has 1 atom stereocenters. The standard InChI is InChI=1S/C10H18N2O.ClH/c11-7-9-3-1-2-6-12(9)10(13)8-4-5-8;/h8-9H,1-7,11H2;1H. The minimum absolute atomic E-state index is 0. The number of nitrogens with two attached hydrogens (primary N) is 1. The molecule has 0 spiro atoms. The van der Waals surface area contributed by atoms with Crippen molar-refractivity contribution >= 4 is 18.3 Å². The summed E-state index contributed by atoms with van der Waals surface area (Å²) < 4.78 is 0. The summed E-state index contributed by atoms with van der Waals surface area (Å²) in [6.45, 7) is 1.58. The molecule has 0 radical (unpaired) electrons. The molecule has 1 saturated heterocycles. The number of piperidine rings is 1. The monoisotopic (exact) mass is 218 g/mol. The van der Waals surface area contributed by atoms with Crippen LogP contribution in [0.3, 0.4) is 0 Å². The molecule has 0 aromatic carbocycles. The van der Waals surface area contributed by atoms with Gasteiger partial charge < -0.3 is 10.6 Å². The lowest BCUT2D eigenvalue weighted by Crippen LogP contribution is -2.48. The molecule has 2 aliphatic rings. The zero-order valence-corrected chi connectivity index (χ0v) is 9.26. The van der Waals surface area contributed by atoms with E-state index in [0.29, 0.717) is 24.4 Å². The van der Waals surface area contributed by atoms with Gasteiger partial charge in [-0.15, -0.1) is 12.4 Å². The molecule has 2 N–H and O–H groups in total. The van der Waals surface area contributed by atoms with Crippen LogP contribution in [0.5, 0.6) is 0 Å². The van der Waals surface area contributed by atoms with Crippen LogP contribution in [-0.2, 0) is 4.79 Å². The van der Waals surface area contributed by atoms with Crippen molar-refractivity contribution in [2.75, 3.05) is 13.1 Å². The van der Waals surface area contributed by atoms with Gasteiger partial charge in [-0.05, 0) is 32.1 Å². The van der Waals surface area contributed by atoms with Crippen LogP contribution in [0.4, 0.5) is 0 Å². The molecule has 1 aliphatic carbocycles. The van der Waals surface area contributed by atoms with Crippen molar-refractivity contribution in [1.82, 2.24) is 4.90 Å². The normalized spacial score (nSPS) is 26.9. The van der Waals surface area contributed by atoms with E-state index in [2.05, 4.69) is 0 Å². The second-order valence-corrected chi connectivity index (χ2v) is 4.19. The number of likely N-dealkylation sites (tertiary alicyclic amines) is 1. The highest BCUT2D eigenvalue weighted by Crippen LogP contribution is 2.33. The summed E-state index contributed by atoms with van der Waals surface area (Å²) in [5, 5.41) is 0. The lowest BCUT2D eigenvalue weighted by Gasteiger charge is -2.35. The predicted molar refractivity (Wildman–Crippen MR) is 58.4 cm³/mol. The zero-order chi connectivity index (χ0) is 9.26. The van der Waals surface area contributed by atoms with E-state index in [0.717, 1.165) is 32.2 Å². The lowest BCUT2D eigenvalue weighted by atomic mass is 10.0. The number of rotatable bonds is 2. The lowest BCUT2D eigenvalue weighted by molar-refractivity contribution is -0.136. The number of amides is 1. The number of hydrogen-bond acceptors (Lipinski definition) is 2. The van der Waals surface area contributed by atoms with Crippen LogP contribution in [-0.4, -0.2) is 29.9 Å². The van der Waals surface area contributed by atoms with Crippen molar-refractivity contribution < 1.29 is 4.79 Å². The number of carbonyl (C=O) groups is 1. The summed E-state index contributed by atoms with van der Waals surface area (Å²) in [4.78, 5) is 13.8. The summed E-state index contributed by atoms with van der Waals surface area (Å²) in [6.07, 6.45) is 5.71. The zero-order valence-electron chi connectivity index (χ0n) is 8.45. The van der Waals surface area contributed by atoms with E-state index >= 15 is 0 Å². The van der Waals surface area contributed by atoms with Crippen LogP contribution in [0, 0.1) is 5.92 Å². The van der Waals surface area contributed by atoms with Gasteiger partial charge in [0, 0.05) is 25.0 Å². The van der Waals surface area contributed by atoms with Gasteiger partial charge in [-0.1, -0.05) is 0 Å². The van der Waals surface area contributed by atoms with Gasteiger partial charge in [0.1, 0.15) is 0 Å². The molecule has 1 saturated carbocycles. The van der Waals surface area contributed by atoms with Crippen molar-refractivity contribution in [3.63, 3.8) is 0 Å². The fourth-order valence-electron chi connectivity index (χ4n) is 2.10. The van der Waals surface area contributed by atoms with Crippen LogP contribution in [0.2, 0.25) is 0 Å². The molecule has 1 amide bonds. The molecule has 2 rings (SSSR count). The second-order valence-electron chi connectivity index (χ2n) is 4.19. The SMILES string of the molecule is Cl.NCC1CCCCN1C(=O)C1CC1. The van der Waals surface area contributed by atoms with Crippen molar-refractivity contribution in [2.24, 2.45) is 11.7 Å². The molecule has 3 nitrogen and oxygen atoms in total. The second kappa shape index (κ2) is 4.99. The first-order valence-corrected chi connectivity index (χ1v) is 5.33. The Morgan fingerprint density at radius 1 is 1.29 bits per heavy atom. The third-order valence-corrected chi connectivity index (χ3v) is 3.11. The third-order valence-electron chi connectivity index (χ3n) is 3.11. The number of nitrogens with zero attached hydrogens (tertiary/aromatic N) is 1. The van der Waals surface area contributed by atoms with Gasteiger partial charge >= 0.3 is 0 Å². The van der Waals surface area contributed by atoms with E-state index < -0.39 is 0 Å². The summed E-state index contributed by atoms with van der Waals surface area (Å²) in [7, 11) is 0. The fourth-order valence-corrected chi connectivity index (χ4v) is 2.10. The molecule has 0 bridgehead atoms. The van der Waals surface area contributed by atoms with Crippen LogP contribution < -0.4 is 5.73 Å². The Balaban J connectivity index is 0.000000980. The molecule has 4 heteroatoms. The van der Waals surface area contributed by atoms with Gasteiger partial charge in [0.2, 0.25) is 5.91 Å². The minimum Gasteiger partial charge on any atom is -0.338 e. The Hall–Kier alpha value is -0.280. The molecule has 0 aromatic heterocycles. The summed E-state index contributed by atoms with van der Waals surface area (Å²) >= 11 is 0. The molecule has 0 aromatic rings. The molecule has 1 unspecified atom stereocenters. The third kappa shape index (κ3) is 2.39. The van der Waals surface area contributed by atoms with Crippen LogP contribution in [0.25, 0.3) is 0 Å². The quantitative estimate of drug-likeness (QED) is 0.756. The fraction of sp³-hybridized carbons (Fsp3) is 0.900. The Labute approximate surface area is 91.4 Å². The molecule has 2 fully saturated rings. The molecular weight excluding hydrogens is 200 g/mol. The topological polar surface area (TPSA) is 46.3 Å². The Kier molecular flexibility index (Phi) is 4.20. The van der Waals surface area contributed by atoms with E-state index in [-0.39, 0.29) is 12.4 Å². The van der Waals surface area contributed by atoms with Crippen molar-refractivity contribution in [1.29, 1.82) is 0 Å². The van der Waals surface area contributed by atoms with Crippen molar-refractivity contribution in [2.45, 2.75) is 38.1 Å². The Morgan fingerprint density at radius 2 is 2.00 bits per heavy atom. The smallest absolute Gasteiger partial charge is 0.225 e. The van der Waals surface area contributed by atoms with E-state index in [1.807, 2.05) is 4.90 Å². The molecule has 14 heavy (non-hydrogen) atoms. The highest BCUT2D eigenvalue weighted by atomic mass is 35.5. The van der Waals surface area contributed by atoms with Crippen LogP contribution >= 0.6 is 12.4 Å². The molecular formula is C10H19ClN2O. The van der Waals surface area contributed by atoms with E-state index in [1.165, 1.54) is 6.42 Å². The highest BCUT2D eigenvalue weighted by Gasteiger charge is 2.36. The van der Waals surface area contributed by atoms with Crippen molar-refractivity contribution in [3.8, 4) is 0 Å². The maximum Gasteiger partial charge on any atom is 0.225 e. The Morgan fingerprint density at radius 3 is 2.57 bits per heavy atom. The van der Waals surface area contributed by atoms with Gasteiger partial charge in [0.25, 0.3) is 0 Å². The summed E-state index contributed by atoms with van der Waals surface area (Å²) in [5.74, 6) is 0.724. The van der Waals surface area contributed by atoms with Gasteiger partial charge in [0.05, 0.1) is 0 Å². The first kappa shape index (κ1) is 11.8. The number of halogens is 1. The molecule has 1 heterocycles. The number of hydrogen-bond donors (Lipinski definition) is 1. The predicted octanol–water partition coefficient (Wildman–Crippen LogP) is 1.16. The average molecular weight is 219 g/mol. The summed E-state index contributed by atoms with van der Waals surface area (Å²) in [6, 6.07) is 0.335.